The molecule has 2 aromatic carbocycles. The van der Waals surface area contributed by atoms with Gasteiger partial charge in [-0.05, 0) is 42.8 Å². The van der Waals surface area contributed by atoms with Crippen LogP contribution < -0.4 is 4.90 Å². The molecule has 0 spiro atoms. The van der Waals surface area contributed by atoms with E-state index in [1.165, 1.54) is 45.4 Å². The minimum absolute atomic E-state index is 0.0529. The van der Waals surface area contributed by atoms with Gasteiger partial charge >= 0.3 is 18.1 Å². The second-order valence-electron chi connectivity index (χ2n) is 8.75. The highest BCUT2D eigenvalue weighted by Gasteiger charge is 2.47. The normalized spacial score (nSPS) is 17.4. The van der Waals surface area contributed by atoms with Crippen molar-refractivity contribution in [2.75, 3.05) is 45.5 Å². The maximum Gasteiger partial charge on any atom is 0.416 e. The van der Waals surface area contributed by atoms with Crippen LogP contribution in [0, 0.1) is 22.7 Å². The Kier molecular flexibility index (Phi) is 10.0. The number of halogens is 3. The van der Waals surface area contributed by atoms with Crippen LogP contribution in [0.25, 0.3) is 0 Å². The highest BCUT2D eigenvalue weighted by atomic mass is 19.4. The molecule has 1 heterocycles. The van der Waals surface area contributed by atoms with Gasteiger partial charge in [0.1, 0.15) is 25.0 Å². The van der Waals surface area contributed by atoms with Crippen LogP contribution in [0.1, 0.15) is 29.5 Å². The third-order valence-electron chi connectivity index (χ3n) is 6.26. The summed E-state index contributed by atoms with van der Waals surface area (Å²) in [7, 11) is 2.83. The molecule has 2 unspecified atom stereocenters. The number of esters is 2. The van der Waals surface area contributed by atoms with Crippen LogP contribution in [0.4, 0.5) is 18.9 Å². The number of amidine groups is 1. The Morgan fingerprint density at radius 3 is 2.20 bits per heavy atom. The van der Waals surface area contributed by atoms with Crippen molar-refractivity contribution in [3.63, 3.8) is 0 Å². The van der Waals surface area contributed by atoms with Gasteiger partial charge < -0.3 is 23.8 Å². The molecule has 40 heavy (non-hydrogen) atoms. The molecule has 1 N–H and O–H groups in total. The first-order chi connectivity index (χ1) is 19.0. The predicted molar refractivity (Wildman–Crippen MR) is 137 cm³/mol. The first-order valence-corrected chi connectivity index (χ1v) is 12.1. The lowest BCUT2D eigenvalue weighted by Crippen LogP contribution is -2.48. The molecule has 0 amide bonds. The van der Waals surface area contributed by atoms with E-state index >= 15 is 0 Å². The van der Waals surface area contributed by atoms with Crippen molar-refractivity contribution in [2.45, 2.75) is 19.0 Å². The van der Waals surface area contributed by atoms with Crippen molar-refractivity contribution in [1.29, 1.82) is 10.7 Å². The van der Waals surface area contributed by atoms with Crippen molar-refractivity contribution in [2.24, 2.45) is 5.92 Å². The summed E-state index contributed by atoms with van der Waals surface area (Å²) in [6, 6.07) is 12.3. The van der Waals surface area contributed by atoms with Crippen molar-refractivity contribution in [1.82, 2.24) is 0 Å². The number of ether oxygens (including phenoxy) is 4. The zero-order chi connectivity index (χ0) is 29.4. The molecule has 0 bridgehead atoms. The number of methoxy groups -OCH3 is 2. The van der Waals surface area contributed by atoms with Gasteiger partial charge in [-0.1, -0.05) is 18.2 Å². The average molecular weight is 560 g/mol. The second kappa shape index (κ2) is 13.2. The summed E-state index contributed by atoms with van der Waals surface area (Å²) >= 11 is 0. The largest absolute Gasteiger partial charge is 0.463 e. The number of nitriles is 1. The highest BCUT2D eigenvalue weighted by molar-refractivity contribution is 6.14. The molecule has 0 aromatic heterocycles. The van der Waals surface area contributed by atoms with Crippen molar-refractivity contribution in [3.8, 4) is 6.07 Å². The molecule has 0 saturated heterocycles. The Labute approximate surface area is 229 Å². The zero-order valence-corrected chi connectivity index (χ0v) is 22.1. The molecule has 1 aliphatic rings. The summed E-state index contributed by atoms with van der Waals surface area (Å²) in [5.74, 6) is -4.69. The summed E-state index contributed by atoms with van der Waals surface area (Å²) in [6.07, 6.45) is -4.67. The quantitative estimate of drug-likeness (QED) is 0.335. The van der Waals surface area contributed by atoms with Gasteiger partial charge in [0.2, 0.25) is 0 Å². The van der Waals surface area contributed by atoms with Crippen LogP contribution in [-0.4, -0.2) is 58.4 Å². The van der Waals surface area contributed by atoms with Gasteiger partial charge in [-0.2, -0.15) is 18.4 Å². The first kappa shape index (κ1) is 30.3. The van der Waals surface area contributed by atoms with Gasteiger partial charge in [0.15, 0.2) is 0 Å². The van der Waals surface area contributed by atoms with Gasteiger partial charge in [-0.15, -0.1) is 0 Å². The van der Waals surface area contributed by atoms with E-state index in [1.807, 2.05) is 6.07 Å². The van der Waals surface area contributed by atoms with E-state index in [0.717, 1.165) is 17.0 Å². The number of nitrogens with one attached hydrogen (secondary N) is 1. The zero-order valence-electron chi connectivity index (χ0n) is 22.1. The number of benzene rings is 2. The lowest BCUT2D eigenvalue weighted by molar-refractivity contribution is -0.148. The van der Waals surface area contributed by atoms with Crippen molar-refractivity contribution >= 4 is 23.5 Å². The third kappa shape index (κ3) is 6.67. The molecule has 0 fully saturated rings. The van der Waals surface area contributed by atoms with E-state index in [-0.39, 0.29) is 43.4 Å². The molecule has 0 saturated carbocycles. The Bertz CT molecular complexity index is 1320. The van der Waals surface area contributed by atoms with E-state index in [2.05, 4.69) is 0 Å². The van der Waals surface area contributed by atoms with Gasteiger partial charge in [0.25, 0.3) is 0 Å². The monoisotopic (exact) mass is 559 g/mol. The number of nitrogens with zero attached hydrogens (tertiary/aromatic N) is 2. The molecule has 1 aliphatic heterocycles. The molecule has 3 rings (SSSR count). The Balaban J connectivity index is 2.26. The second-order valence-corrected chi connectivity index (χ2v) is 8.75. The highest BCUT2D eigenvalue weighted by Crippen LogP contribution is 2.44. The maximum atomic E-state index is 13.6. The van der Waals surface area contributed by atoms with E-state index in [4.69, 9.17) is 24.4 Å². The number of rotatable bonds is 10. The minimum Gasteiger partial charge on any atom is -0.463 e. The lowest BCUT2D eigenvalue weighted by Gasteiger charge is -2.40. The topological polar surface area (TPSA) is 122 Å². The molecule has 0 radical (unpaired) electrons. The summed E-state index contributed by atoms with van der Waals surface area (Å²) in [5.41, 5.74) is -0.274. The minimum atomic E-state index is -4.67. The van der Waals surface area contributed by atoms with E-state index in [9.17, 15) is 28.0 Å². The van der Waals surface area contributed by atoms with Crippen LogP contribution in [0.15, 0.2) is 59.8 Å². The molecule has 0 aliphatic carbocycles. The van der Waals surface area contributed by atoms with Crippen LogP contribution in [0.2, 0.25) is 0 Å². The first-order valence-electron chi connectivity index (χ1n) is 12.1. The number of alkyl halides is 3. The summed E-state index contributed by atoms with van der Waals surface area (Å²) in [6.45, 7) is 1.32. The number of anilines is 1. The van der Waals surface area contributed by atoms with Gasteiger partial charge in [-0.25, -0.2) is 4.79 Å². The number of hydrogen-bond acceptors (Lipinski definition) is 8. The number of hydrogen-bond donors (Lipinski definition) is 1. The van der Waals surface area contributed by atoms with E-state index in [0.29, 0.717) is 11.1 Å². The van der Waals surface area contributed by atoms with Crippen LogP contribution in [-0.2, 0) is 34.7 Å². The van der Waals surface area contributed by atoms with E-state index in [1.54, 1.807) is 12.1 Å². The third-order valence-corrected chi connectivity index (χ3v) is 6.26. The fraction of sp³-hybridized carbons (Fsp3) is 0.357. The standard InChI is InChI=1S/C28H28F3N3O6/c1-17-22(26(35)39-13-11-37-2)23(19-9-7-18(16-32)8-10-19)24(27(36)40-14-12-38-3)25(33)34(17)21-6-4-5-20(15-21)28(29,30)31/h4-10,15,23-24,33H,11-14H2,1-3H3. The average Bonchev–Trinajstić information content (AvgIpc) is 2.92. The van der Waals surface area contributed by atoms with Crippen LogP contribution in [0.3, 0.4) is 0 Å². The number of carbonyl (C=O) groups is 2. The molecule has 212 valence electrons. The maximum absolute atomic E-state index is 13.6. The Morgan fingerprint density at radius 2 is 1.62 bits per heavy atom. The Morgan fingerprint density at radius 1 is 1.00 bits per heavy atom. The molecule has 2 aromatic rings. The summed E-state index contributed by atoms with van der Waals surface area (Å²) in [4.78, 5) is 28.1. The SMILES string of the molecule is COCCOC(=O)C1=C(C)N(c2cccc(C(F)(F)F)c2)C(=N)C(C(=O)OCCOC)C1c1ccc(C#N)cc1. The molecular formula is C28H28F3N3O6. The lowest BCUT2D eigenvalue weighted by atomic mass is 9.75. The fourth-order valence-corrected chi connectivity index (χ4v) is 4.40. The molecule has 2 atom stereocenters. The summed E-state index contributed by atoms with van der Waals surface area (Å²) < 4.78 is 61.3. The molecule has 9 nitrogen and oxygen atoms in total. The van der Waals surface area contributed by atoms with Crippen molar-refractivity contribution in [3.05, 3.63) is 76.5 Å². The number of allylic oxidation sites excluding steroid dienone is 1. The van der Waals surface area contributed by atoms with Crippen LogP contribution in [0.5, 0.6) is 0 Å². The van der Waals surface area contributed by atoms with Crippen molar-refractivity contribution < 1.29 is 41.7 Å². The van der Waals surface area contributed by atoms with Gasteiger partial charge in [-0.3, -0.25) is 10.2 Å². The van der Waals surface area contributed by atoms with Crippen LogP contribution >= 0.6 is 0 Å². The Hall–Kier alpha value is -4.21. The van der Waals surface area contributed by atoms with Gasteiger partial charge in [0, 0.05) is 31.5 Å². The summed E-state index contributed by atoms with van der Waals surface area (Å²) in [5, 5.41) is 18.3. The van der Waals surface area contributed by atoms with Gasteiger partial charge in [0.05, 0.1) is 36.0 Å². The molecular weight excluding hydrogens is 531 g/mol. The number of carbonyl (C=O) groups excluding carboxylic acids is 2. The molecule has 12 heteroatoms. The predicted octanol–water partition coefficient (Wildman–Crippen LogP) is 4.43. The smallest absolute Gasteiger partial charge is 0.416 e. The van der Waals surface area contributed by atoms with E-state index < -0.39 is 41.3 Å². The fourth-order valence-electron chi connectivity index (χ4n) is 4.40.